The summed E-state index contributed by atoms with van der Waals surface area (Å²) in [6.45, 7) is 1.79. The SMILES string of the molecule is Cc1[nH]c(=O)c(O)c2ccc(Oc3ccccc3)cc12. The molecule has 0 aliphatic rings. The van der Waals surface area contributed by atoms with E-state index in [0.717, 1.165) is 11.1 Å². The Labute approximate surface area is 115 Å². The third-order valence-electron chi connectivity index (χ3n) is 3.15. The van der Waals surface area contributed by atoms with Gasteiger partial charge in [-0.2, -0.15) is 0 Å². The van der Waals surface area contributed by atoms with Gasteiger partial charge in [0.25, 0.3) is 5.56 Å². The van der Waals surface area contributed by atoms with Crippen LogP contribution in [0.25, 0.3) is 10.8 Å². The quantitative estimate of drug-likeness (QED) is 0.748. The number of aromatic hydroxyl groups is 1. The maximum absolute atomic E-state index is 11.5. The number of pyridine rings is 1. The van der Waals surface area contributed by atoms with Crippen LogP contribution < -0.4 is 10.3 Å². The van der Waals surface area contributed by atoms with Crippen LogP contribution in [0.5, 0.6) is 17.2 Å². The molecule has 3 aromatic rings. The van der Waals surface area contributed by atoms with Crippen LogP contribution in [0.4, 0.5) is 0 Å². The predicted molar refractivity (Wildman–Crippen MR) is 77.5 cm³/mol. The highest BCUT2D eigenvalue weighted by molar-refractivity contribution is 5.90. The molecule has 1 heterocycles. The first-order valence-corrected chi connectivity index (χ1v) is 6.23. The molecule has 0 saturated heterocycles. The molecular formula is C16H13NO3. The smallest absolute Gasteiger partial charge is 0.290 e. The van der Waals surface area contributed by atoms with Gasteiger partial charge in [-0.3, -0.25) is 4.79 Å². The second kappa shape index (κ2) is 4.74. The molecule has 0 saturated carbocycles. The summed E-state index contributed by atoms with van der Waals surface area (Å²) >= 11 is 0. The van der Waals surface area contributed by atoms with E-state index in [1.54, 1.807) is 25.1 Å². The zero-order valence-electron chi connectivity index (χ0n) is 10.9. The van der Waals surface area contributed by atoms with E-state index in [9.17, 15) is 9.90 Å². The number of fused-ring (bicyclic) bond motifs is 1. The average Bonchev–Trinajstić information content (AvgIpc) is 2.46. The minimum Gasteiger partial charge on any atom is -0.503 e. The fourth-order valence-electron chi connectivity index (χ4n) is 2.15. The van der Waals surface area contributed by atoms with Crippen molar-refractivity contribution in [2.45, 2.75) is 6.92 Å². The molecule has 2 N–H and O–H groups in total. The number of aryl methyl sites for hydroxylation is 1. The lowest BCUT2D eigenvalue weighted by Gasteiger charge is -2.08. The number of hydrogen-bond acceptors (Lipinski definition) is 3. The maximum atomic E-state index is 11.5. The van der Waals surface area contributed by atoms with Crippen molar-refractivity contribution in [2.75, 3.05) is 0 Å². The number of nitrogens with one attached hydrogen (secondary N) is 1. The van der Waals surface area contributed by atoms with Crippen LogP contribution in [-0.4, -0.2) is 10.1 Å². The van der Waals surface area contributed by atoms with E-state index in [1.165, 1.54) is 0 Å². The Bertz CT molecular complexity index is 822. The minimum atomic E-state index is -0.480. The summed E-state index contributed by atoms with van der Waals surface area (Å²) in [5.74, 6) is 1.12. The van der Waals surface area contributed by atoms with Gasteiger partial charge >= 0.3 is 0 Å². The Morgan fingerprint density at radius 2 is 1.75 bits per heavy atom. The lowest BCUT2D eigenvalue weighted by atomic mass is 10.1. The van der Waals surface area contributed by atoms with E-state index in [1.807, 2.05) is 30.3 Å². The first-order valence-electron chi connectivity index (χ1n) is 6.23. The van der Waals surface area contributed by atoms with Crippen LogP contribution >= 0.6 is 0 Å². The number of hydrogen-bond donors (Lipinski definition) is 2. The van der Waals surface area contributed by atoms with E-state index in [-0.39, 0.29) is 5.75 Å². The van der Waals surface area contributed by atoms with Gasteiger partial charge in [-0.1, -0.05) is 18.2 Å². The predicted octanol–water partition coefficient (Wildman–Crippen LogP) is 3.33. The molecule has 4 heteroatoms. The third kappa shape index (κ3) is 2.12. The molecule has 1 aromatic heterocycles. The van der Waals surface area contributed by atoms with E-state index in [0.29, 0.717) is 16.8 Å². The monoisotopic (exact) mass is 267 g/mol. The molecule has 20 heavy (non-hydrogen) atoms. The highest BCUT2D eigenvalue weighted by Crippen LogP contribution is 2.29. The molecule has 0 aliphatic carbocycles. The normalized spacial score (nSPS) is 10.7. The van der Waals surface area contributed by atoms with E-state index >= 15 is 0 Å². The van der Waals surface area contributed by atoms with Gasteiger partial charge in [0.05, 0.1) is 0 Å². The van der Waals surface area contributed by atoms with Gasteiger partial charge in [0.15, 0.2) is 5.75 Å². The van der Waals surface area contributed by atoms with Crippen LogP contribution in [0.1, 0.15) is 5.69 Å². The standard InChI is InChI=1S/C16H13NO3/c1-10-14-9-12(20-11-5-3-2-4-6-11)7-8-13(14)15(18)16(19)17-10/h2-9,18H,1H3,(H,17,19). The molecular weight excluding hydrogens is 254 g/mol. The molecule has 0 bridgehead atoms. The Kier molecular flexibility index (Phi) is 2.91. The fourth-order valence-corrected chi connectivity index (χ4v) is 2.15. The summed E-state index contributed by atoms with van der Waals surface area (Å²) in [7, 11) is 0. The zero-order valence-corrected chi connectivity index (χ0v) is 10.9. The van der Waals surface area contributed by atoms with Crippen molar-refractivity contribution in [3.05, 3.63) is 64.6 Å². The summed E-state index contributed by atoms with van der Waals surface area (Å²) < 4.78 is 5.74. The Morgan fingerprint density at radius 1 is 1.00 bits per heavy atom. The number of aromatic amines is 1. The second-order valence-corrected chi connectivity index (χ2v) is 4.55. The molecule has 0 aliphatic heterocycles. The van der Waals surface area contributed by atoms with Crippen molar-refractivity contribution < 1.29 is 9.84 Å². The van der Waals surface area contributed by atoms with Gasteiger partial charge in [0.1, 0.15) is 11.5 Å². The number of H-pyrrole nitrogens is 1. The van der Waals surface area contributed by atoms with Crippen molar-refractivity contribution in [1.82, 2.24) is 4.98 Å². The van der Waals surface area contributed by atoms with E-state index in [4.69, 9.17) is 4.74 Å². The lowest BCUT2D eigenvalue weighted by molar-refractivity contribution is 0.472. The molecule has 0 spiro atoms. The summed E-state index contributed by atoms with van der Waals surface area (Å²) in [5.41, 5.74) is 0.216. The zero-order chi connectivity index (χ0) is 14.1. The van der Waals surface area contributed by atoms with Crippen LogP contribution in [0.15, 0.2) is 53.3 Å². The summed E-state index contributed by atoms with van der Waals surface area (Å²) in [4.78, 5) is 14.1. The number of para-hydroxylation sites is 1. The highest BCUT2D eigenvalue weighted by atomic mass is 16.5. The molecule has 0 atom stereocenters. The van der Waals surface area contributed by atoms with Crippen LogP contribution in [0, 0.1) is 6.92 Å². The Balaban J connectivity index is 2.10. The van der Waals surface area contributed by atoms with Crippen molar-refractivity contribution in [3.8, 4) is 17.2 Å². The van der Waals surface area contributed by atoms with Gasteiger partial charge in [-0.15, -0.1) is 0 Å². The molecule has 0 radical (unpaired) electrons. The summed E-state index contributed by atoms with van der Waals surface area (Å²) in [6.07, 6.45) is 0. The minimum absolute atomic E-state index is 0.267. The number of aromatic nitrogens is 1. The summed E-state index contributed by atoms with van der Waals surface area (Å²) in [5, 5.41) is 11.1. The van der Waals surface area contributed by atoms with Crippen molar-refractivity contribution >= 4 is 10.8 Å². The first kappa shape index (κ1) is 12.3. The van der Waals surface area contributed by atoms with Gasteiger partial charge in [-0.05, 0) is 37.3 Å². The Morgan fingerprint density at radius 3 is 2.50 bits per heavy atom. The van der Waals surface area contributed by atoms with Crippen molar-refractivity contribution in [3.63, 3.8) is 0 Å². The van der Waals surface area contributed by atoms with Crippen molar-refractivity contribution in [2.24, 2.45) is 0 Å². The van der Waals surface area contributed by atoms with Crippen LogP contribution in [0.2, 0.25) is 0 Å². The van der Waals surface area contributed by atoms with E-state index < -0.39 is 5.56 Å². The molecule has 0 unspecified atom stereocenters. The van der Waals surface area contributed by atoms with E-state index in [2.05, 4.69) is 4.98 Å². The molecule has 0 amide bonds. The molecule has 0 fully saturated rings. The van der Waals surface area contributed by atoms with Gasteiger partial charge < -0.3 is 14.8 Å². The fraction of sp³-hybridized carbons (Fsp3) is 0.0625. The number of rotatable bonds is 2. The number of benzene rings is 2. The molecule has 2 aromatic carbocycles. The van der Waals surface area contributed by atoms with Gasteiger partial charge in [0, 0.05) is 16.5 Å². The summed E-state index contributed by atoms with van der Waals surface area (Å²) in [6, 6.07) is 14.6. The molecule has 3 rings (SSSR count). The maximum Gasteiger partial charge on any atom is 0.290 e. The van der Waals surface area contributed by atoms with Crippen LogP contribution in [0.3, 0.4) is 0 Å². The topological polar surface area (TPSA) is 62.3 Å². The van der Waals surface area contributed by atoms with Crippen molar-refractivity contribution in [1.29, 1.82) is 0 Å². The second-order valence-electron chi connectivity index (χ2n) is 4.55. The lowest BCUT2D eigenvalue weighted by Crippen LogP contribution is -2.07. The average molecular weight is 267 g/mol. The van der Waals surface area contributed by atoms with Gasteiger partial charge in [0.2, 0.25) is 0 Å². The first-order chi connectivity index (χ1) is 9.65. The molecule has 100 valence electrons. The largest absolute Gasteiger partial charge is 0.503 e. The molecule has 4 nitrogen and oxygen atoms in total. The highest BCUT2D eigenvalue weighted by Gasteiger charge is 2.09. The van der Waals surface area contributed by atoms with Gasteiger partial charge in [-0.25, -0.2) is 0 Å². The number of ether oxygens (including phenoxy) is 1. The third-order valence-corrected chi connectivity index (χ3v) is 3.15. The van der Waals surface area contributed by atoms with Crippen LogP contribution in [-0.2, 0) is 0 Å². The Hall–Kier alpha value is -2.75.